The van der Waals surface area contributed by atoms with E-state index in [2.05, 4.69) is 0 Å². The molecule has 0 amide bonds. The molecule has 0 radical (unpaired) electrons. The Morgan fingerprint density at radius 3 is 1.04 bits per heavy atom. The van der Waals surface area contributed by atoms with E-state index in [1.807, 2.05) is 0 Å². The first-order valence-electron chi connectivity index (χ1n) is 25.7. The Kier molecular flexibility index (Phi) is 12.7. The second-order valence-electron chi connectivity index (χ2n) is 21.0. The number of benzene rings is 8. The van der Waals surface area contributed by atoms with Crippen LogP contribution in [0.25, 0.3) is 0 Å². The van der Waals surface area contributed by atoms with Crippen molar-refractivity contribution < 1.29 is 121 Å². The van der Waals surface area contributed by atoms with Crippen LogP contribution >= 0.6 is 0 Å². The number of ether oxygens (including phenoxy) is 4. The van der Waals surface area contributed by atoms with Crippen molar-refractivity contribution in [1.82, 2.24) is 0 Å². The van der Waals surface area contributed by atoms with Gasteiger partial charge in [0.15, 0.2) is 64.3 Å². The molecule has 0 bridgehead atoms. The summed E-state index contributed by atoms with van der Waals surface area (Å²) in [4.78, 5) is 0. The summed E-state index contributed by atoms with van der Waals surface area (Å²) in [5.74, 6) is -19.3. The van der Waals surface area contributed by atoms with E-state index in [0.29, 0.717) is 0 Å². The number of hydrogen-bond donors (Lipinski definition) is 20. The molecular formula is C60H50O24. The fraction of sp³-hybridized carbons (Fsp3) is 0.200. The lowest BCUT2D eigenvalue weighted by Crippen LogP contribution is -2.39. The molecule has 4 aliphatic rings. The molecule has 0 aliphatic carbocycles. The third-order valence-corrected chi connectivity index (χ3v) is 16.0. The van der Waals surface area contributed by atoms with Crippen LogP contribution in [0.3, 0.4) is 0 Å². The Labute approximate surface area is 472 Å². The number of aromatic hydroxyl groups is 16. The number of aliphatic hydroxyl groups excluding tert-OH is 4. The molecule has 0 aromatic heterocycles. The molecule has 0 saturated heterocycles. The van der Waals surface area contributed by atoms with E-state index >= 15 is 0 Å². The molecule has 11 atom stereocenters. The van der Waals surface area contributed by atoms with Crippen LogP contribution in [-0.2, 0) is 6.42 Å². The van der Waals surface area contributed by atoms with Crippen LogP contribution in [0.4, 0.5) is 0 Å². The van der Waals surface area contributed by atoms with Gasteiger partial charge in [0.2, 0.25) is 0 Å². The maximum absolute atomic E-state index is 13.5. The molecule has 24 nitrogen and oxygen atoms in total. The third-order valence-electron chi connectivity index (χ3n) is 16.0. The summed E-state index contributed by atoms with van der Waals surface area (Å²) in [6.07, 6.45) is -15.3. The Bertz CT molecular complexity index is 4030. The summed E-state index contributed by atoms with van der Waals surface area (Å²) in [6.45, 7) is 0. The first kappa shape index (κ1) is 54.2. The molecule has 434 valence electrons. The average Bonchev–Trinajstić information content (AvgIpc) is 1.54. The van der Waals surface area contributed by atoms with Gasteiger partial charge in [0, 0.05) is 75.7 Å². The first-order valence-corrected chi connectivity index (χ1v) is 25.7. The minimum Gasteiger partial charge on any atom is -0.508 e. The van der Waals surface area contributed by atoms with Gasteiger partial charge in [0.25, 0.3) is 0 Å². The average molecular weight is 1160 g/mol. The summed E-state index contributed by atoms with van der Waals surface area (Å²) in [5, 5.41) is 231. The van der Waals surface area contributed by atoms with Crippen LogP contribution in [0.1, 0.15) is 103 Å². The number of rotatable bonds is 7. The van der Waals surface area contributed by atoms with E-state index in [1.165, 1.54) is 24.3 Å². The van der Waals surface area contributed by atoms with Gasteiger partial charge in [-0.05, 0) is 70.8 Å². The maximum Gasteiger partial charge on any atom is 0.157 e. The van der Waals surface area contributed by atoms with Gasteiger partial charge in [0.05, 0.1) is 23.9 Å². The van der Waals surface area contributed by atoms with Crippen molar-refractivity contribution in [1.29, 1.82) is 0 Å². The van der Waals surface area contributed by atoms with Crippen molar-refractivity contribution in [3.8, 4) is 115 Å². The molecule has 20 N–H and O–H groups in total. The zero-order valence-electron chi connectivity index (χ0n) is 43.0. The highest BCUT2D eigenvalue weighted by Crippen LogP contribution is 2.65. The largest absolute Gasteiger partial charge is 0.508 e. The van der Waals surface area contributed by atoms with Gasteiger partial charge in [-0.1, -0.05) is 24.3 Å². The SMILES string of the molecule is Oc1cc(O)c2c(c1)O[C@H](c1ccc(O)c(O)c1)[C@H](O)[C@H]2c1c(O)cc(O)c2c1O[C@H](c1ccc(O)c(O)c1)[C@H](O)[C@H]2c1c(O)c2c(c([C@H]3c4c(O)cc(O)cc4O[C@H](c4ccc(O)c(O)c4)[C@@H]3O)c1O)O[C@H](c1ccc(O)c(O)c1)[C@H](O)C2. The topological polar surface area (TPSA) is 442 Å². The summed E-state index contributed by atoms with van der Waals surface area (Å²) in [7, 11) is 0. The molecule has 0 saturated carbocycles. The minimum atomic E-state index is -2.22. The molecule has 4 aliphatic heterocycles. The first-order chi connectivity index (χ1) is 39.9. The van der Waals surface area contributed by atoms with Crippen LogP contribution in [0.5, 0.6) is 115 Å². The number of phenols is 16. The summed E-state index contributed by atoms with van der Waals surface area (Å²) >= 11 is 0. The standard InChI is InChI=1S/C60H50O24/c61-23-13-34(71)41-39(15-23)81-56(20-2-6-27(64)31(68)10-20)52(78)45(41)43-36(73)18-37(74)44-47(54(80)58(84-60(43)44)22-4-8-29(66)33(70)12-22)48-50(76)25-17-38(75)55(19-1-5-26(63)30(67)9-19)83-59(25)49(51(48)77)46-42-35(72)14-24(62)16-40(42)82-57(53(46)79)21-3-7-28(65)32(69)11-21/h1-16,18,38,45-47,52-58,61-80H,17H2/t38-,45-,46-,47-,52-,53-,54-,55-,56-,57-,58-/m1/s1. The second-order valence-corrected chi connectivity index (χ2v) is 21.0. The van der Waals surface area contributed by atoms with E-state index in [4.69, 9.17) is 18.9 Å². The van der Waals surface area contributed by atoms with Crippen LogP contribution < -0.4 is 18.9 Å². The summed E-state index contributed by atoms with van der Waals surface area (Å²) < 4.78 is 25.5. The van der Waals surface area contributed by atoms with Gasteiger partial charge in [-0.25, -0.2) is 0 Å². The fourth-order valence-electron chi connectivity index (χ4n) is 12.2. The lowest BCUT2D eigenvalue weighted by atomic mass is 9.71. The fourth-order valence-corrected chi connectivity index (χ4v) is 12.2. The van der Waals surface area contributed by atoms with E-state index in [9.17, 15) is 102 Å². The predicted molar refractivity (Wildman–Crippen MR) is 285 cm³/mol. The van der Waals surface area contributed by atoms with Crippen LogP contribution in [0, 0.1) is 0 Å². The molecular weight excluding hydrogens is 1100 g/mol. The number of fused-ring (bicyclic) bond motifs is 4. The smallest absolute Gasteiger partial charge is 0.157 e. The van der Waals surface area contributed by atoms with Crippen LogP contribution in [-0.4, -0.2) is 127 Å². The van der Waals surface area contributed by atoms with Crippen LogP contribution in [0.15, 0.2) is 103 Å². The summed E-state index contributed by atoms with van der Waals surface area (Å²) in [5.41, 5.74) is -3.74. The lowest BCUT2D eigenvalue weighted by Gasteiger charge is -2.43. The summed E-state index contributed by atoms with van der Waals surface area (Å²) in [6, 6.07) is 17.9. The highest BCUT2D eigenvalue weighted by molar-refractivity contribution is 5.74. The second kappa shape index (κ2) is 19.7. The minimum absolute atomic E-state index is 0.0112. The Morgan fingerprint density at radius 2 is 0.631 bits per heavy atom. The molecule has 24 heteroatoms. The van der Waals surface area contributed by atoms with Crippen molar-refractivity contribution in [2.75, 3.05) is 0 Å². The highest BCUT2D eigenvalue weighted by Gasteiger charge is 2.53. The highest BCUT2D eigenvalue weighted by atomic mass is 16.5. The molecule has 8 aromatic carbocycles. The third kappa shape index (κ3) is 8.44. The van der Waals surface area contributed by atoms with Crippen molar-refractivity contribution in [3.05, 3.63) is 164 Å². The van der Waals surface area contributed by atoms with Gasteiger partial charge < -0.3 is 121 Å². The number of aliphatic hydroxyl groups is 4. The quantitative estimate of drug-likeness (QED) is 0.0827. The van der Waals surface area contributed by atoms with Crippen molar-refractivity contribution >= 4 is 0 Å². The molecule has 0 unspecified atom stereocenters. The molecule has 0 spiro atoms. The molecule has 8 aromatic rings. The molecule has 0 fully saturated rings. The Morgan fingerprint density at radius 1 is 0.286 bits per heavy atom. The van der Waals surface area contributed by atoms with Crippen molar-refractivity contribution in [3.63, 3.8) is 0 Å². The van der Waals surface area contributed by atoms with Gasteiger partial charge in [-0.2, -0.15) is 0 Å². The number of hydrogen-bond acceptors (Lipinski definition) is 24. The lowest BCUT2D eigenvalue weighted by molar-refractivity contribution is -0.00453. The van der Waals surface area contributed by atoms with E-state index in [-0.39, 0.29) is 44.9 Å². The van der Waals surface area contributed by atoms with Gasteiger partial charge >= 0.3 is 0 Å². The molecule has 12 rings (SSSR count). The van der Waals surface area contributed by atoms with Crippen molar-refractivity contribution in [2.24, 2.45) is 0 Å². The van der Waals surface area contributed by atoms with E-state index in [0.717, 1.165) is 78.9 Å². The zero-order valence-corrected chi connectivity index (χ0v) is 43.0. The number of phenolic OH excluding ortho intramolecular Hbond substituents is 16. The molecule has 84 heavy (non-hydrogen) atoms. The predicted octanol–water partition coefficient (Wildman–Crippen LogP) is 5.89. The van der Waals surface area contributed by atoms with E-state index < -0.39 is 204 Å². The zero-order chi connectivity index (χ0) is 59.8. The van der Waals surface area contributed by atoms with E-state index in [1.54, 1.807) is 0 Å². The Balaban J connectivity index is 1.16. The monoisotopic (exact) mass is 1150 g/mol. The van der Waals surface area contributed by atoms with Gasteiger partial charge in [-0.15, -0.1) is 0 Å². The van der Waals surface area contributed by atoms with Crippen molar-refractivity contribution in [2.45, 2.75) is 73.0 Å². The van der Waals surface area contributed by atoms with Gasteiger partial charge in [-0.3, -0.25) is 0 Å². The molecule has 4 heterocycles. The Hall–Kier alpha value is -10.4. The maximum atomic E-state index is 13.5. The van der Waals surface area contributed by atoms with Gasteiger partial charge in [0.1, 0.15) is 93.4 Å². The normalized spacial score (nSPS) is 24.0. The van der Waals surface area contributed by atoms with Crippen LogP contribution in [0.2, 0.25) is 0 Å².